The number of nitrogens with zero attached hydrogens (tertiary/aromatic N) is 1. The van der Waals surface area contributed by atoms with Gasteiger partial charge in [0.25, 0.3) is 11.8 Å². The zero-order chi connectivity index (χ0) is 8.59. The van der Waals surface area contributed by atoms with Gasteiger partial charge in [0.1, 0.15) is 0 Å². The minimum Gasteiger partial charge on any atom is -0.278 e. The third-order valence-electron chi connectivity index (χ3n) is 1.77. The number of hydrogen-bond acceptors (Lipinski definition) is 2. The van der Waals surface area contributed by atoms with Crippen LogP contribution in [0.2, 0.25) is 0 Å². The van der Waals surface area contributed by atoms with Gasteiger partial charge >= 0.3 is 0 Å². The van der Waals surface area contributed by atoms with Crippen LogP contribution in [-0.4, -0.2) is 29.6 Å². The molecule has 11 heavy (non-hydrogen) atoms. The summed E-state index contributed by atoms with van der Waals surface area (Å²) in [6.45, 7) is 1.61. The lowest BCUT2D eigenvalue weighted by molar-refractivity contribution is -0.135. The maximum atomic E-state index is 11.1. The summed E-state index contributed by atoms with van der Waals surface area (Å²) in [5.41, 5.74) is 0.881. The van der Waals surface area contributed by atoms with Gasteiger partial charge in [-0.15, -0.1) is 11.6 Å². The number of hydrogen-bond donors (Lipinski definition) is 0. The van der Waals surface area contributed by atoms with Gasteiger partial charge in [-0.25, -0.2) is 0 Å². The first kappa shape index (κ1) is 8.27. The van der Waals surface area contributed by atoms with Crippen molar-refractivity contribution >= 4 is 23.4 Å². The minimum absolute atomic E-state index is 0.112. The third kappa shape index (κ3) is 1.05. The molecule has 0 saturated carbocycles. The van der Waals surface area contributed by atoms with E-state index < -0.39 is 0 Å². The molecule has 1 heterocycles. The molecule has 4 heteroatoms. The van der Waals surface area contributed by atoms with Crippen molar-refractivity contribution in [1.29, 1.82) is 0 Å². The number of rotatable bonds is 1. The van der Waals surface area contributed by atoms with Gasteiger partial charge in [0.15, 0.2) is 0 Å². The summed E-state index contributed by atoms with van der Waals surface area (Å²) >= 11 is 5.47. The van der Waals surface area contributed by atoms with Crippen LogP contribution >= 0.6 is 11.6 Å². The summed E-state index contributed by atoms with van der Waals surface area (Å²) in [5.74, 6) is -0.408. The molecule has 0 aromatic heterocycles. The van der Waals surface area contributed by atoms with Crippen molar-refractivity contribution in [3.8, 4) is 0 Å². The summed E-state index contributed by atoms with van der Waals surface area (Å²) in [4.78, 5) is 23.3. The Kier molecular flexibility index (Phi) is 2.00. The fourth-order valence-corrected chi connectivity index (χ4v) is 1.31. The monoisotopic (exact) mass is 173 g/mol. The Hall–Kier alpha value is -0.830. The summed E-state index contributed by atoms with van der Waals surface area (Å²) in [6.07, 6.45) is 0. The molecule has 1 aliphatic heterocycles. The summed E-state index contributed by atoms with van der Waals surface area (Å²) in [6, 6.07) is 0. The van der Waals surface area contributed by atoms with Crippen LogP contribution in [0.4, 0.5) is 0 Å². The van der Waals surface area contributed by atoms with E-state index in [9.17, 15) is 9.59 Å². The maximum Gasteiger partial charge on any atom is 0.258 e. The van der Waals surface area contributed by atoms with Crippen molar-refractivity contribution in [3.63, 3.8) is 0 Å². The summed E-state index contributed by atoms with van der Waals surface area (Å²) in [5, 5.41) is 0. The van der Waals surface area contributed by atoms with Crippen LogP contribution in [-0.2, 0) is 9.59 Å². The molecular weight excluding hydrogens is 166 g/mol. The molecule has 0 bridgehead atoms. The predicted molar refractivity (Wildman–Crippen MR) is 41.2 cm³/mol. The van der Waals surface area contributed by atoms with E-state index in [1.54, 1.807) is 6.92 Å². The maximum absolute atomic E-state index is 11.1. The fourth-order valence-electron chi connectivity index (χ4n) is 0.993. The molecule has 0 N–H and O–H groups in total. The van der Waals surface area contributed by atoms with Crippen LogP contribution < -0.4 is 0 Å². The van der Waals surface area contributed by atoms with E-state index in [0.29, 0.717) is 11.1 Å². The van der Waals surface area contributed by atoms with Gasteiger partial charge in [0.2, 0.25) is 0 Å². The Bertz CT molecular complexity index is 257. The van der Waals surface area contributed by atoms with Crippen LogP contribution in [0.15, 0.2) is 11.1 Å². The molecule has 0 spiro atoms. The molecule has 1 aliphatic rings. The molecule has 2 amide bonds. The molecule has 0 fully saturated rings. The summed E-state index contributed by atoms with van der Waals surface area (Å²) in [7, 11) is 1.45. The molecule has 1 rings (SSSR count). The van der Waals surface area contributed by atoms with Crippen molar-refractivity contribution < 1.29 is 9.59 Å². The highest BCUT2D eigenvalue weighted by Gasteiger charge is 2.31. The SMILES string of the molecule is CC1=C(CCl)C(=O)N(C)C1=O. The van der Waals surface area contributed by atoms with Crippen molar-refractivity contribution in [1.82, 2.24) is 4.90 Å². The predicted octanol–water partition coefficient (Wildman–Crippen LogP) is 0.540. The first-order chi connectivity index (χ1) is 5.09. The molecule has 0 aromatic rings. The van der Waals surface area contributed by atoms with Crippen LogP contribution in [0.5, 0.6) is 0 Å². The number of imide groups is 1. The van der Waals surface area contributed by atoms with Gasteiger partial charge in [-0.3, -0.25) is 14.5 Å². The van der Waals surface area contributed by atoms with Gasteiger partial charge < -0.3 is 0 Å². The second-order valence-corrected chi connectivity index (χ2v) is 2.67. The standard InChI is InChI=1S/C7H8ClNO2/c1-4-5(3-8)7(11)9(2)6(4)10/h3H2,1-2H3. The van der Waals surface area contributed by atoms with Gasteiger partial charge in [0.05, 0.1) is 5.88 Å². The zero-order valence-corrected chi connectivity index (χ0v) is 7.10. The molecule has 3 nitrogen and oxygen atoms in total. The molecule has 0 atom stereocenters. The van der Waals surface area contributed by atoms with Crippen LogP contribution in [0.3, 0.4) is 0 Å². The van der Waals surface area contributed by atoms with Crippen molar-refractivity contribution in [3.05, 3.63) is 11.1 Å². The van der Waals surface area contributed by atoms with E-state index in [-0.39, 0.29) is 17.7 Å². The Morgan fingerprint density at radius 2 is 1.91 bits per heavy atom. The topological polar surface area (TPSA) is 37.4 Å². The molecular formula is C7H8ClNO2. The van der Waals surface area contributed by atoms with Crippen molar-refractivity contribution in [2.24, 2.45) is 0 Å². The normalized spacial score (nSPS) is 18.6. The third-order valence-corrected chi connectivity index (χ3v) is 2.04. The van der Waals surface area contributed by atoms with E-state index in [0.717, 1.165) is 4.90 Å². The van der Waals surface area contributed by atoms with E-state index in [2.05, 4.69) is 0 Å². The van der Waals surface area contributed by atoms with E-state index in [1.807, 2.05) is 0 Å². The Labute approximate surface area is 69.6 Å². The minimum atomic E-state index is -0.275. The van der Waals surface area contributed by atoms with Crippen LogP contribution in [0.25, 0.3) is 0 Å². The Balaban J connectivity index is 3.08. The number of halogens is 1. The number of alkyl halides is 1. The van der Waals surface area contributed by atoms with Gasteiger partial charge in [-0.2, -0.15) is 0 Å². The number of carbonyl (C=O) groups is 2. The summed E-state index contributed by atoms with van der Waals surface area (Å²) < 4.78 is 0. The molecule has 0 radical (unpaired) electrons. The second-order valence-electron chi connectivity index (χ2n) is 2.41. The highest BCUT2D eigenvalue weighted by atomic mass is 35.5. The number of amides is 2. The average molecular weight is 174 g/mol. The lowest BCUT2D eigenvalue weighted by atomic mass is 10.2. The largest absolute Gasteiger partial charge is 0.278 e. The van der Waals surface area contributed by atoms with Crippen molar-refractivity contribution in [2.45, 2.75) is 6.92 Å². The van der Waals surface area contributed by atoms with Crippen LogP contribution in [0.1, 0.15) is 6.92 Å². The average Bonchev–Trinajstić information content (AvgIpc) is 2.17. The molecule has 0 saturated heterocycles. The van der Waals surface area contributed by atoms with E-state index >= 15 is 0 Å². The van der Waals surface area contributed by atoms with E-state index in [1.165, 1.54) is 7.05 Å². The first-order valence-electron chi connectivity index (χ1n) is 3.17. The van der Waals surface area contributed by atoms with E-state index in [4.69, 9.17) is 11.6 Å². The lowest BCUT2D eigenvalue weighted by Gasteiger charge is -2.04. The Morgan fingerprint density at radius 3 is 2.09 bits per heavy atom. The highest BCUT2D eigenvalue weighted by Crippen LogP contribution is 2.19. The molecule has 0 aromatic carbocycles. The zero-order valence-electron chi connectivity index (χ0n) is 6.35. The number of likely N-dealkylation sites (N-methyl/N-ethyl adjacent to an activating group) is 1. The van der Waals surface area contributed by atoms with Gasteiger partial charge in [-0.1, -0.05) is 0 Å². The molecule has 60 valence electrons. The first-order valence-corrected chi connectivity index (χ1v) is 3.71. The molecule has 0 unspecified atom stereocenters. The second kappa shape index (κ2) is 2.66. The van der Waals surface area contributed by atoms with Gasteiger partial charge in [-0.05, 0) is 6.92 Å². The fraction of sp³-hybridized carbons (Fsp3) is 0.429. The smallest absolute Gasteiger partial charge is 0.258 e. The van der Waals surface area contributed by atoms with Crippen LogP contribution in [0, 0.1) is 0 Å². The van der Waals surface area contributed by atoms with Crippen molar-refractivity contribution in [2.75, 3.05) is 12.9 Å². The Morgan fingerprint density at radius 1 is 1.36 bits per heavy atom. The highest BCUT2D eigenvalue weighted by molar-refractivity contribution is 6.28. The lowest BCUT2D eigenvalue weighted by Crippen LogP contribution is -2.26. The van der Waals surface area contributed by atoms with Gasteiger partial charge in [0, 0.05) is 18.2 Å². The number of carbonyl (C=O) groups excluding carboxylic acids is 2. The quantitative estimate of drug-likeness (QED) is 0.429. The molecule has 0 aliphatic carbocycles.